The zero-order valence-corrected chi connectivity index (χ0v) is 13.5. The Morgan fingerprint density at radius 2 is 2.05 bits per heavy atom. The number of hydrogen-bond acceptors (Lipinski definition) is 4. The van der Waals surface area contributed by atoms with Crippen molar-refractivity contribution in [3.05, 3.63) is 29.8 Å². The van der Waals surface area contributed by atoms with Gasteiger partial charge in [0.1, 0.15) is 4.99 Å². The molecule has 0 atom stereocenters. The molecule has 0 aromatic heterocycles. The molecule has 0 saturated heterocycles. The average molecular weight is 309 g/mol. The number of nitrogens with zero attached hydrogens (tertiary/aromatic N) is 1. The van der Waals surface area contributed by atoms with Gasteiger partial charge in [-0.3, -0.25) is 9.69 Å². The van der Waals surface area contributed by atoms with Crippen LogP contribution < -0.4 is 11.1 Å². The topological polar surface area (TPSA) is 78.6 Å². The molecule has 0 unspecified atom stereocenters. The van der Waals surface area contributed by atoms with E-state index in [1.54, 1.807) is 12.1 Å². The minimum Gasteiger partial charge on any atom is -0.394 e. The fraction of sp³-hybridized carbons (Fsp3) is 0.467. The largest absolute Gasteiger partial charge is 0.394 e. The van der Waals surface area contributed by atoms with Crippen LogP contribution in [0.15, 0.2) is 24.3 Å². The van der Waals surface area contributed by atoms with Crippen LogP contribution in [-0.4, -0.2) is 46.6 Å². The number of nitrogens with two attached hydrogens (primary N) is 1. The first-order valence-electron chi connectivity index (χ1n) is 6.78. The van der Waals surface area contributed by atoms with Crippen molar-refractivity contribution in [2.45, 2.75) is 25.8 Å². The molecule has 0 aliphatic heterocycles. The lowest BCUT2D eigenvalue weighted by Gasteiger charge is -2.33. The van der Waals surface area contributed by atoms with Gasteiger partial charge in [-0.15, -0.1) is 0 Å². The molecular weight excluding hydrogens is 286 g/mol. The Morgan fingerprint density at radius 1 is 1.43 bits per heavy atom. The van der Waals surface area contributed by atoms with Crippen LogP contribution in [0.5, 0.6) is 0 Å². The lowest BCUT2D eigenvalue weighted by Crippen LogP contribution is -2.45. The van der Waals surface area contributed by atoms with Gasteiger partial charge in [0.05, 0.1) is 12.3 Å². The summed E-state index contributed by atoms with van der Waals surface area (Å²) in [5.41, 5.74) is 6.56. The number of likely N-dealkylation sites (N-methyl/N-ethyl adjacent to an activating group) is 1. The van der Waals surface area contributed by atoms with Crippen LogP contribution in [0.3, 0.4) is 0 Å². The number of aliphatic hydroxyl groups is 1. The highest BCUT2D eigenvalue weighted by Gasteiger charge is 2.22. The zero-order chi connectivity index (χ0) is 16.0. The van der Waals surface area contributed by atoms with E-state index in [9.17, 15) is 9.90 Å². The van der Waals surface area contributed by atoms with Crippen LogP contribution in [0.1, 0.15) is 25.8 Å². The molecule has 1 aromatic rings. The maximum absolute atomic E-state index is 12.0. The summed E-state index contributed by atoms with van der Waals surface area (Å²) in [6, 6.07) is 7.19. The number of carbonyl (C=O) groups excluding carboxylic acids is 1. The summed E-state index contributed by atoms with van der Waals surface area (Å²) < 4.78 is 0. The predicted octanol–water partition coefficient (Wildman–Crippen LogP) is 1.35. The lowest BCUT2D eigenvalue weighted by molar-refractivity contribution is -0.116. The average Bonchev–Trinajstić information content (AvgIpc) is 2.45. The second-order valence-corrected chi connectivity index (χ2v) is 6.04. The van der Waals surface area contributed by atoms with Crippen LogP contribution in [-0.2, 0) is 4.79 Å². The summed E-state index contributed by atoms with van der Waals surface area (Å²) in [6.07, 6.45) is 0.325. The summed E-state index contributed by atoms with van der Waals surface area (Å²) in [6.45, 7) is 4.43. The smallest absolute Gasteiger partial charge is 0.225 e. The summed E-state index contributed by atoms with van der Waals surface area (Å²) in [4.78, 5) is 14.2. The number of nitrogens with one attached hydrogen (secondary N) is 1. The van der Waals surface area contributed by atoms with E-state index in [2.05, 4.69) is 5.32 Å². The molecule has 5 nitrogen and oxygen atoms in total. The van der Waals surface area contributed by atoms with E-state index in [1.165, 1.54) is 0 Å². The number of carbonyl (C=O) groups is 1. The fourth-order valence-corrected chi connectivity index (χ4v) is 1.89. The minimum atomic E-state index is -0.350. The van der Waals surface area contributed by atoms with Crippen LogP contribution in [0.25, 0.3) is 0 Å². The second kappa shape index (κ2) is 7.49. The minimum absolute atomic E-state index is 0.0371. The highest BCUT2D eigenvalue weighted by atomic mass is 32.1. The van der Waals surface area contributed by atoms with E-state index in [4.69, 9.17) is 18.0 Å². The number of anilines is 1. The molecule has 0 aliphatic rings. The van der Waals surface area contributed by atoms with Gasteiger partial charge in [0, 0.05) is 24.1 Å². The first kappa shape index (κ1) is 17.6. The lowest BCUT2D eigenvalue weighted by atomic mass is 10.1. The SMILES string of the molecule is CN(CCC(=O)Nc1ccccc1C(N)=S)C(C)(C)CO. The number of amides is 1. The number of aliphatic hydroxyl groups excluding tert-OH is 1. The van der Waals surface area contributed by atoms with Gasteiger partial charge in [-0.1, -0.05) is 24.4 Å². The van der Waals surface area contributed by atoms with Crippen molar-refractivity contribution in [1.82, 2.24) is 4.90 Å². The van der Waals surface area contributed by atoms with E-state index in [-0.39, 0.29) is 23.0 Å². The highest BCUT2D eigenvalue weighted by Crippen LogP contribution is 2.16. The van der Waals surface area contributed by atoms with Gasteiger partial charge in [0.2, 0.25) is 5.91 Å². The van der Waals surface area contributed by atoms with Crippen LogP contribution in [0.4, 0.5) is 5.69 Å². The van der Waals surface area contributed by atoms with Crippen molar-refractivity contribution >= 4 is 28.8 Å². The van der Waals surface area contributed by atoms with Crippen molar-refractivity contribution in [1.29, 1.82) is 0 Å². The Balaban J connectivity index is 2.61. The van der Waals surface area contributed by atoms with Crippen LogP contribution >= 0.6 is 12.2 Å². The molecule has 0 spiro atoms. The molecule has 0 bridgehead atoms. The Morgan fingerprint density at radius 3 is 2.62 bits per heavy atom. The van der Waals surface area contributed by atoms with Gasteiger partial charge >= 0.3 is 0 Å². The molecule has 116 valence electrons. The predicted molar refractivity (Wildman–Crippen MR) is 89.4 cm³/mol. The van der Waals surface area contributed by atoms with Crippen molar-refractivity contribution in [3.63, 3.8) is 0 Å². The van der Waals surface area contributed by atoms with Crippen molar-refractivity contribution in [3.8, 4) is 0 Å². The molecule has 0 radical (unpaired) electrons. The number of benzene rings is 1. The van der Waals surface area contributed by atoms with E-state index in [1.807, 2.05) is 37.9 Å². The molecule has 0 saturated carbocycles. The Labute approximate surface area is 131 Å². The van der Waals surface area contributed by atoms with Gasteiger partial charge < -0.3 is 16.2 Å². The van der Waals surface area contributed by atoms with E-state index in [0.29, 0.717) is 24.2 Å². The summed E-state index contributed by atoms with van der Waals surface area (Å²) >= 11 is 4.96. The molecule has 4 N–H and O–H groups in total. The summed E-state index contributed by atoms with van der Waals surface area (Å²) in [5, 5.41) is 12.1. The third kappa shape index (κ3) is 5.08. The first-order valence-corrected chi connectivity index (χ1v) is 7.19. The Hall–Kier alpha value is -1.50. The number of para-hydroxylation sites is 1. The standard InChI is InChI=1S/C15H23N3O2S/c1-15(2,10-19)18(3)9-8-13(20)17-12-7-5-4-6-11(12)14(16)21/h4-7,19H,8-10H2,1-3H3,(H2,16,21)(H,17,20). The van der Waals surface area contributed by atoms with Crippen LogP contribution in [0.2, 0.25) is 0 Å². The molecule has 0 fully saturated rings. The van der Waals surface area contributed by atoms with E-state index in [0.717, 1.165) is 0 Å². The van der Waals surface area contributed by atoms with Gasteiger partial charge in [0.15, 0.2) is 0 Å². The first-order chi connectivity index (χ1) is 9.77. The quantitative estimate of drug-likeness (QED) is 0.663. The monoisotopic (exact) mass is 309 g/mol. The summed E-state index contributed by atoms with van der Waals surface area (Å²) in [7, 11) is 1.88. The molecular formula is C15H23N3O2S. The third-order valence-electron chi connectivity index (χ3n) is 3.56. The van der Waals surface area contributed by atoms with Gasteiger partial charge in [-0.25, -0.2) is 0 Å². The van der Waals surface area contributed by atoms with Crippen molar-refractivity contribution < 1.29 is 9.90 Å². The molecule has 0 aliphatic carbocycles. The van der Waals surface area contributed by atoms with Crippen molar-refractivity contribution in [2.24, 2.45) is 5.73 Å². The maximum Gasteiger partial charge on any atom is 0.225 e. The van der Waals surface area contributed by atoms with Gasteiger partial charge in [-0.05, 0) is 33.0 Å². The zero-order valence-electron chi connectivity index (χ0n) is 12.7. The fourth-order valence-electron chi connectivity index (χ4n) is 1.71. The number of thiocarbonyl (C=S) groups is 1. The molecule has 1 aromatic carbocycles. The van der Waals surface area contributed by atoms with Gasteiger partial charge in [0.25, 0.3) is 0 Å². The molecule has 1 rings (SSSR count). The molecule has 1 amide bonds. The van der Waals surface area contributed by atoms with Gasteiger partial charge in [-0.2, -0.15) is 0 Å². The third-order valence-corrected chi connectivity index (χ3v) is 3.78. The normalized spacial score (nSPS) is 11.5. The number of hydrogen-bond donors (Lipinski definition) is 3. The molecule has 0 heterocycles. The maximum atomic E-state index is 12.0. The number of rotatable bonds is 7. The van der Waals surface area contributed by atoms with E-state index >= 15 is 0 Å². The van der Waals surface area contributed by atoms with E-state index < -0.39 is 0 Å². The second-order valence-electron chi connectivity index (χ2n) is 5.60. The molecule has 6 heteroatoms. The Kier molecular flexibility index (Phi) is 6.26. The van der Waals surface area contributed by atoms with Crippen LogP contribution in [0, 0.1) is 0 Å². The Bertz CT molecular complexity index is 517. The molecule has 21 heavy (non-hydrogen) atoms. The van der Waals surface area contributed by atoms with Crippen molar-refractivity contribution in [2.75, 3.05) is 25.5 Å². The summed E-state index contributed by atoms with van der Waals surface area (Å²) in [5.74, 6) is -0.112. The highest BCUT2D eigenvalue weighted by molar-refractivity contribution is 7.80.